The van der Waals surface area contributed by atoms with Crippen molar-refractivity contribution in [3.05, 3.63) is 54.6 Å². The summed E-state index contributed by atoms with van der Waals surface area (Å²) in [5.41, 5.74) is 2.57. The van der Waals surface area contributed by atoms with Crippen LogP contribution in [0, 0.1) is 0 Å². The SMILES string of the molecule is O=C(O)COc1cccc(Nc2ncnc(-c3ccnc(CCCN4CCNCC4)c3)n2)c1. The van der Waals surface area contributed by atoms with E-state index in [1.165, 1.54) is 6.33 Å². The molecule has 0 amide bonds. The molecule has 0 radical (unpaired) electrons. The molecule has 172 valence electrons. The van der Waals surface area contributed by atoms with Gasteiger partial charge in [-0.25, -0.2) is 14.8 Å². The molecule has 1 fully saturated rings. The number of piperazine rings is 1. The number of ether oxygens (including phenoxy) is 1. The van der Waals surface area contributed by atoms with Gasteiger partial charge in [-0.05, 0) is 43.7 Å². The molecule has 0 atom stereocenters. The molecular formula is C23H27N7O3. The Morgan fingerprint density at radius 2 is 2.03 bits per heavy atom. The van der Waals surface area contributed by atoms with Gasteiger partial charge >= 0.3 is 5.97 Å². The van der Waals surface area contributed by atoms with E-state index in [1.807, 2.05) is 18.2 Å². The van der Waals surface area contributed by atoms with Gasteiger partial charge in [0, 0.05) is 55.4 Å². The van der Waals surface area contributed by atoms with Crippen molar-refractivity contribution in [2.45, 2.75) is 12.8 Å². The van der Waals surface area contributed by atoms with Gasteiger partial charge in [0.2, 0.25) is 5.95 Å². The normalized spacial score (nSPS) is 14.1. The van der Waals surface area contributed by atoms with E-state index < -0.39 is 12.6 Å². The van der Waals surface area contributed by atoms with E-state index in [1.54, 1.807) is 24.4 Å². The highest BCUT2D eigenvalue weighted by Gasteiger charge is 2.10. The zero-order valence-electron chi connectivity index (χ0n) is 18.3. The van der Waals surface area contributed by atoms with E-state index >= 15 is 0 Å². The zero-order chi connectivity index (χ0) is 22.9. The number of carbonyl (C=O) groups is 1. The quantitative estimate of drug-likeness (QED) is 0.423. The maximum Gasteiger partial charge on any atom is 0.341 e. The van der Waals surface area contributed by atoms with Gasteiger partial charge in [-0.2, -0.15) is 4.98 Å². The van der Waals surface area contributed by atoms with Crippen molar-refractivity contribution in [3.8, 4) is 17.1 Å². The summed E-state index contributed by atoms with van der Waals surface area (Å²) in [7, 11) is 0. The molecule has 2 aromatic heterocycles. The minimum atomic E-state index is -1.03. The number of hydrogen-bond acceptors (Lipinski definition) is 9. The molecule has 3 N–H and O–H groups in total. The van der Waals surface area contributed by atoms with Gasteiger partial charge in [-0.15, -0.1) is 0 Å². The lowest BCUT2D eigenvalue weighted by Gasteiger charge is -2.26. The summed E-state index contributed by atoms with van der Waals surface area (Å²) in [6.45, 7) is 4.99. The van der Waals surface area contributed by atoms with Crippen LogP contribution in [0.1, 0.15) is 12.1 Å². The highest BCUT2D eigenvalue weighted by molar-refractivity contribution is 5.68. The summed E-state index contributed by atoms with van der Waals surface area (Å²) in [6.07, 6.45) is 5.20. The average molecular weight is 450 g/mol. The Balaban J connectivity index is 1.38. The van der Waals surface area contributed by atoms with E-state index in [2.05, 4.69) is 35.5 Å². The molecule has 0 spiro atoms. The Hall–Kier alpha value is -3.63. The molecule has 1 aliphatic heterocycles. The number of pyridine rings is 1. The van der Waals surface area contributed by atoms with Crippen molar-refractivity contribution in [1.82, 2.24) is 30.2 Å². The van der Waals surface area contributed by atoms with Crippen LogP contribution in [0.15, 0.2) is 48.9 Å². The van der Waals surface area contributed by atoms with E-state index in [9.17, 15) is 4.79 Å². The first-order valence-corrected chi connectivity index (χ1v) is 10.9. The molecule has 0 saturated carbocycles. The summed E-state index contributed by atoms with van der Waals surface area (Å²) >= 11 is 0. The van der Waals surface area contributed by atoms with Crippen molar-refractivity contribution >= 4 is 17.6 Å². The number of anilines is 2. The van der Waals surface area contributed by atoms with Crippen molar-refractivity contribution < 1.29 is 14.6 Å². The van der Waals surface area contributed by atoms with Crippen LogP contribution in [0.2, 0.25) is 0 Å². The number of benzene rings is 1. The molecular weight excluding hydrogens is 422 g/mol. The predicted molar refractivity (Wildman–Crippen MR) is 124 cm³/mol. The monoisotopic (exact) mass is 449 g/mol. The molecule has 1 aromatic carbocycles. The van der Waals surface area contributed by atoms with Crippen LogP contribution in [0.5, 0.6) is 5.75 Å². The van der Waals surface area contributed by atoms with E-state index in [4.69, 9.17) is 9.84 Å². The van der Waals surface area contributed by atoms with Gasteiger partial charge in [0.25, 0.3) is 0 Å². The van der Waals surface area contributed by atoms with Gasteiger partial charge in [-0.1, -0.05) is 6.07 Å². The molecule has 4 rings (SSSR count). The third-order valence-corrected chi connectivity index (χ3v) is 5.22. The topological polar surface area (TPSA) is 125 Å². The van der Waals surface area contributed by atoms with Gasteiger partial charge in [0.1, 0.15) is 12.1 Å². The molecule has 0 aliphatic carbocycles. The van der Waals surface area contributed by atoms with Crippen molar-refractivity contribution in [2.75, 3.05) is 44.6 Å². The van der Waals surface area contributed by atoms with Crippen LogP contribution in [-0.2, 0) is 11.2 Å². The van der Waals surface area contributed by atoms with Crippen LogP contribution < -0.4 is 15.4 Å². The minimum Gasteiger partial charge on any atom is -0.482 e. The minimum absolute atomic E-state index is 0.382. The molecule has 1 aliphatic rings. The fourth-order valence-electron chi connectivity index (χ4n) is 3.61. The molecule has 0 bridgehead atoms. The second-order valence-electron chi connectivity index (χ2n) is 7.70. The first-order chi connectivity index (χ1) is 16.2. The number of carboxylic acid groups (broad SMARTS) is 1. The maximum atomic E-state index is 10.7. The number of nitrogens with one attached hydrogen (secondary N) is 2. The summed E-state index contributed by atoms with van der Waals surface area (Å²) in [5, 5.41) is 15.3. The van der Waals surface area contributed by atoms with Gasteiger partial charge in [-0.3, -0.25) is 4.98 Å². The Morgan fingerprint density at radius 1 is 1.15 bits per heavy atom. The number of nitrogens with zero attached hydrogens (tertiary/aromatic N) is 5. The van der Waals surface area contributed by atoms with E-state index in [-0.39, 0.29) is 0 Å². The third kappa shape index (κ3) is 6.93. The Morgan fingerprint density at radius 3 is 2.88 bits per heavy atom. The van der Waals surface area contributed by atoms with Crippen LogP contribution in [0.4, 0.5) is 11.6 Å². The number of aryl methyl sites for hydroxylation is 1. The summed E-state index contributed by atoms with van der Waals surface area (Å²) in [5.74, 6) is 0.344. The number of rotatable bonds is 10. The molecule has 1 saturated heterocycles. The summed E-state index contributed by atoms with van der Waals surface area (Å²) < 4.78 is 5.22. The highest BCUT2D eigenvalue weighted by Crippen LogP contribution is 2.21. The Kier molecular flexibility index (Phi) is 7.72. The fraction of sp³-hybridized carbons (Fsp3) is 0.348. The fourth-order valence-corrected chi connectivity index (χ4v) is 3.61. The number of carboxylic acids is 1. The lowest BCUT2D eigenvalue weighted by molar-refractivity contribution is -0.139. The summed E-state index contributed by atoms with van der Waals surface area (Å²) in [4.78, 5) is 30.7. The van der Waals surface area contributed by atoms with Crippen LogP contribution in [0.3, 0.4) is 0 Å². The molecule has 3 heterocycles. The summed E-state index contributed by atoms with van der Waals surface area (Å²) in [6, 6.07) is 10.9. The molecule has 10 nitrogen and oxygen atoms in total. The maximum absolute atomic E-state index is 10.7. The number of aromatic nitrogens is 4. The average Bonchev–Trinajstić information content (AvgIpc) is 2.84. The second-order valence-corrected chi connectivity index (χ2v) is 7.70. The van der Waals surface area contributed by atoms with E-state index in [0.717, 1.165) is 56.8 Å². The number of hydrogen-bond donors (Lipinski definition) is 3. The Bertz CT molecular complexity index is 1070. The third-order valence-electron chi connectivity index (χ3n) is 5.22. The standard InChI is InChI=1S/C23H27N7O3/c31-21(32)15-33-20-5-1-3-19(14-20)28-23-27-16-26-22(29-23)17-6-7-25-18(13-17)4-2-10-30-11-8-24-9-12-30/h1,3,5-7,13-14,16,24H,2,4,8-12,15H2,(H,31,32)(H,26,27,28,29). The van der Waals surface area contributed by atoms with Gasteiger partial charge < -0.3 is 25.4 Å². The molecule has 3 aromatic rings. The first-order valence-electron chi connectivity index (χ1n) is 10.9. The molecule has 10 heteroatoms. The molecule has 0 unspecified atom stereocenters. The number of aliphatic carboxylic acids is 1. The van der Waals surface area contributed by atoms with Crippen molar-refractivity contribution in [2.24, 2.45) is 0 Å². The lowest BCUT2D eigenvalue weighted by Crippen LogP contribution is -2.43. The van der Waals surface area contributed by atoms with Crippen molar-refractivity contribution in [3.63, 3.8) is 0 Å². The van der Waals surface area contributed by atoms with Crippen molar-refractivity contribution in [1.29, 1.82) is 0 Å². The van der Waals surface area contributed by atoms with Gasteiger partial charge in [0.15, 0.2) is 12.4 Å². The molecule has 33 heavy (non-hydrogen) atoms. The lowest BCUT2D eigenvalue weighted by atomic mass is 10.1. The smallest absolute Gasteiger partial charge is 0.341 e. The second kappa shape index (κ2) is 11.3. The van der Waals surface area contributed by atoms with E-state index in [0.29, 0.717) is 23.2 Å². The van der Waals surface area contributed by atoms with Crippen LogP contribution in [-0.4, -0.2) is 75.2 Å². The predicted octanol–water partition coefficient (Wildman–Crippen LogP) is 1.98. The highest BCUT2D eigenvalue weighted by atomic mass is 16.5. The Labute approximate surface area is 192 Å². The largest absolute Gasteiger partial charge is 0.482 e. The van der Waals surface area contributed by atoms with Crippen LogP contribution in [0.25, 0.3) is 11.4 Å². The van der Waals surface area contributed by atoms with Gasteiger partial charge in [0.05, 0.1) is 0 Å². The first kappa shape index (κ1) is 22.6. The zero-order valence-corrected chi connectivity index (χ0v) is 18.3. The van der Waals surface area contributed by atoms with Crippen LogP contribution >= 0.6 is 0 Å².